The van der Waals surface area contributed by atoms with Gasteiger partial charge in [0.25, 0.3) is 11.5 Å². The van der Waals surface area contributed by atoms with Crippen molar-refractivity contribution < 1.29 is 9.15 Å². The number of nitrogens with zero attached hydrogens (tertiary/aromatic N) is 3. The summed E-state index contributed by atoms with van der Waals surface area (Å²) >= 11 is 0. The van der Waals surface area contributed by atoms with Crippen molar-refractivity contribution in [2.24, 2.45) is 5.92 Å². The maximum atomic E-state index is 12.1. The van der Waals surface area contributed by atoms with E-state index in [1.165, 1.54) is 6.07 Å². The van der Waals surface area contributed by atoms with Gasteiger partial charge in [-0.3, -0.25) is 14.8 Å². The molecule has 0 atom stereocenters. The zero-order chi connectivity index (χ0) is 17.8. The molecular formula is C19H20N4O3. The van der Waals surface area contributed by atoms with Crippen LogP contribution in [0.5, 0.6) is 5.95 Å². The molecule has 1 aliphatic heterocycles. The van der Waals surface area contributed by atoms with Gasteiger partial charge in [0.05, 0.1) is 18.6 Å². The Labute approximate surface area is 150 Å². The first kappa shape index (κ1) is 16.4. The quantitative estimate of drug-likeness (QED) is 0.760. The molecule has 1 fully saturated rings. The minimum atomic E-state index is -0.148. The van der Waals surface area contributed by atoms with E-state index in [9.17, 15) is 4.79 Å². The Morgan fingerprint density at radius 2 is 2.04 bits per heavy atom. The predicted octanol–water partition coefficient (Wildman–Crippen LogP) is 2.72. The number of nitrogens with one attached hydrogen (secondary N) is 1. The highest BCUT2D eigenvalue weighted by Crippen LogP contribution is 2.23. The van der Waals surface area contributed by atoms with Gasteiger partial charge in [0.15, 0.2) is 0 Å². The fourth-order valence-electron chi connectivity index (χ4n) is 3.12. The third-order valence-electron chi connectivity index (χ3n) is 4.58. The lowest BCUT2D eigenvalue weighted by Crippen LogP contribution is -2.37. The Bertz CT molecular complexity index is 885. The molecule has 1 saturated heterocycles. The largest absolute Gasteiger partial charge is 0.465 e. The van der Waals surface area contributed by atoms with Gasteiger partial charge in [-0.15, -0.1) is 0 Å². The first-order valence-electron chi connectivity index (χ1n) is 8.71. The molecule has 7 heteroatoms. The lowest BCUT2D eigenvalue weighted by atomic mass is 9.98. The van der Waals surface area contributed by atoms with E-state index >= 15 is 0 Å². The highest BCUT2D eigenvalue weighted by Gasteiger charge is 2.22. The second kappa shape index (κ2) is 7.43. The van der Waals surface area contributed by atoms with E-state index in [0.29, 0.717) is 30.1 Å². The van der Waals surface area contributed by atoms with Crippen LogP contribution < -0.4 is 15.2 Å². The topological polar surface area (TPSA) is 84.2 Å². The summed E-state index contributed by atoms with van der Waals surface area (Å²) in [4.78, 5) is 25.7. The van der Waals surface area contributed by atoms with Gasteiger partial charge in [-0.1, -0.05) is 0 Å². The van der Waals surface area contributed by atoms with Crippen LogP contribution in [0.3, 0.4) is 0 Å². The fourth-order valence-corrected chi connectivity index (χ4v) is 3.12. The first-order valence-corrected chi connectivity index (χ1v) is 8.71. The summed E-state index contributed by atoms with van der Waals surface area (Å²) in [6, 6.07) is 8.85. The van der Waals surface area contributed by atoms with Crippen molar-refractivity contribution in [3.05, 3.63) is 59.3 Å². The molecule has 3 aromatic heterocycles. The average Bonchev–Trinajstić information content (AvgIpc) is 3.21. The Kier molecular flexibility index (Phi) is 4.68. The Morgan fingerprint density at radius 1 is 1.23 bits per heavy atom. The Hall–Kier alpha value is -3.09. The number of H-pyrrole nitrogens is 1. The maximum Gasteiger partial charge on any atom is 0.284 e. The molecule has 0 spiro atoms. The molecule has 4 rings (SSSR count). The SMILES string of the molecule is O=c1cc(-c2ccncc2)nc(N2CCC(COc3ccco3)CC2)[nH]1. The van der Waals surface area contributed by atoms with E-state index in [4.69, 9.17) is 9.15 Å². The molecule has 0 bridgehead atoms. The normalized spacial score (nSPS) is 15.2. The molecule has 4 heterocycles. The van der Waals surface area contributed by atoms with Crippen molar-refractivity contribution in [3.63, 3.8) is 0 Å². The van der Waals surface area contributed by atoms with Gasteiger partial charge < -0.3 is 14.1 Å². The average molecular weight is 352 g/mol. The van der Waals surface area contributed by atoms with Gasteiger partial charge in [-0.05, 0) is 37.0 Å². The minimum absolute atomic E-state index is 0.148. The number of aromatic amines is 1. The van der Waals surface area contributed by atoms with E-state index in [2.05, 4.69) is 19.9 Å². The lowest BCUT2D eigenvalue weighted by Gasteiger charge is -2.32. The van der Waals surface area contributed by atoms with Crippen LogP contribution in [0.2, 0.25) is 0 Å². The molecule has 26 heavy (non-hydrogen) atoms. The number of pyridine rings is 1. The predicted molar refractivity (Wildman–Crippen MR) is 97.2 cm³/mol. The molecule has 0 aromatic carbocycles. The molecule has 134 valence electrons. The van der Waals surface area contributed by atoms with E-state index in [-0.39, 0.29) is 5.56 Å². The number of hydrogen-bond donors (Lipinski definition) is 1. The van der Waals surface area contributed by atoms with E-state index in [1.54, 1.807) is 18.7 Å². The van der Waals surface area contributed by atoms with Gasteiger partial charge in [0, 0.05) is 43.2 Å². The Morgan fingerprint density at radius 3 is 2.77 bits per heavy atom. The summed E-state index contributed by atoms with van der Waals surface area (Å²) in [6.45, 7) is 2.30. The van der Waals surface area contributed by atoms with Crippen LogP contribution >= 0.6 is 0 Å². The van der Waals surface area contributed by atoms with Crippen LogP contribution in [0.1, 0.15) is 12.8 Å². The molecule has 1 N–H and O–H groups in total. The molecule has 7 nitrogen and oxygen atoms in total. The third kappa shape index (κ3) is 3.77. The number of ether oxygens (including phenoxy) is 1. The summed E-state index contributed by atoms with van der Waals surface area (Å²) in [7, 11) is 0. The summed E-state index contributed by atoms with van der Waals surface area (Å²) in [5.41, 5.74) is 1.40. The van der Waals surface area contributed by atoms with E-state index in [0.717, 1.165) is 31.5 Å². The van der Waals surface area contributed by atoms with Crippen LogP contribution in [0, 0.1) is 5.92 Å². The van der Waals surface area contributed by atoms with Crippen molar-refractivity contribution in [2.75, 3.05) is 24.6 Å². The summed E-state index contributed by atoms with van der Waals surface area (Å²) in [5, 5.41) is 0. The van der Waals surface area contributed by atoms with Gasteiger partial charge >= 0.3 is 0 Å². The second-order valence-corrected chi connectivity index (χ2v) is 6.36. The van der Waals surface area contributed by atoms with E-state index < -0.39 is 0 Å². The third-order valence-corrected chi connectivity index (χ3v) is 4.58. The molecular weight excluding hydrogens is 332 g/mol. The first-order chi connectivity index (χ1) is 12.8. The number of rotatable bonds is 5. The van der Waals surface area contributed by atoms with Crippen molar-refractivity contribution in [1.29, 1.82) is 0 Å². The highest BCUT2D eigenvalue weighted by molar-refractivity contribution is 5.59. The van der Waals surface area contributed by atoms with Crippen LogP contribution in [0.4, 0.5) is 5.95 Å². The number of hydrogen-bond acceptors (Lipinski definition) is 6. The molecule has 0 radical (unpaired) electrons. The van der Waals surface area contributed by atoms with Crippen LogP contribution in [0.25, 0.3) is 11.3 Å². The smallest absolute Gasteiger partial charge is 0.284 e. The van der Waals surface area contributed by atoms with Crippen molar-refractivity contribution in [2.45, 2.75) is 12.8 Å². The summed E-state index contributed by atoms with van der Waals surface area (Å²) < 4.78 is 10.9. The molecule has 0 unspecified atom stereocenters. The zero-order valence-corrected chi connectivity index (χ0v) is 14.3. The van der Waals surface area contributed by atoms with Gasteiger partial charge in [0.2, 0.25) is 5.95 Å². The molecule has 3 aromatic rings. The van der Waals surface area contributed by atoms with Crippen LogP contribution in [0.15, 0.2) is 58.2 Å². The number of piperidine rings is 1. The maximum absolute atomic E-state index is 12.1. The minimum Gasteiger partial charge on any atom is -0.465 e. The summed E-state index contributed by atoms with van der Waals surface area (Å²) in [6.07, 6.45) is 6.95. The summed E-state index contributed by atoms with van der Waals surface area (Å²) in [5.74, 6) is 1.64. The molecule has 1 aliphatic rings. The van der Waals surface area contributed by atoms with Crippen LogP contribution in [-0.2, 0) is 0 Å². The highest BCUT2D eigenvalue weighted by atomic mass is 16.6. The molecule has 0 amide bonds. The van der Waals surface area contributed by atoms with Crippen molar-refractivity contribution in [3.8, 4) is 17.2 Å². The van der Waals surface area contributed by atoms with Crippen molar-refractivity contribution >= 4 is 5.95 Å². The lowest BCUT2D eigenvalue weighted by molar-refractivity contribution is 0.181. The monoisotopic (exact) mass is 352 g/mol. The standard InChI is InChI=1S/C19H20N4O3/c24-17-12-16(15-3-7-20-8-4-15)21-19(22-17)23-9-5-14(6-10-23)13-26-18-2-1-11-25-18/h1-4,7-8,11-12,14H,5-6,9-10,13H2,(H,21,22,24). The molecule has 0 aliphatic carbocycles. The zero-order valence-electron chi connectivity index (χ0n) is 14.3. The van der Waals surface area contributed by atoms with Gasteiger partial charge in [0.1, 0.15) is 0 Å². The molecule has 0 saturated carbocycles. The number of furan rings is 1. The van der Waals surface area contributed by atoms with Gasteiger partial charge in [-0.2, -0.15) is 0 Å². The Balaban J connectivity index is 1.41. The van der Waals surface area contributed by atoms with Crippen LogP contribution in [-0.4, -0.2) is 34.6 Å². The number of aromatic nitrogens is 3. The van der Waals surface area contributed by atoms with Gasteiger partial charge in [-0.25, -0.2) is 4.98 Å². The number of anilines is 1. The fraction of sp³-hybridized carbons (Fsp3) is 0.316. The van der Waals surface area contributed by atoms with Crippen molar-refractivity contribution in [1.82, 2.24) is 15.0 Å². The second-order valence-electron chi connectivity index (χ2n) is 6.36. The van der Waals surface area contributed by atoms with E-state index in [1.807, 2.05) is 24.3 Å².